The normalized spacial score (nSPS) is 13.0. The van der Waals surface area contributed by atoms with Crippen LogP contribution in [-0.2, 0) is 23.8 Å². The van der Waals surface area contributed by atoms with Gasteiger partial charge in [-0.1, -0.05) is 201 Å². The van der Waals surface area contributed by atoms with Crippen LogP contribution in [0.2, 0.25) is 0 Å². The van der Waals surface area contributed by atoms with E-state index in [4.69, 9.17) is 14.2 Å². The zero-order valence-electron chi connectivity index (χ0n) is 40.6. The third-order valence-corrected chi connectivity index (χ3v) is 10.5. The number of carbonyl (C=O) groups excluding carboxylic acids is 2. The van der Waals surface area contributed by atoms with Gasteiger partial charge in [0.1, 0.15) is 6.61 Å². The van der Waals surface area contributed by atoms with Gasteiger partial charge in [0.15, 0.2) is 6.10 Å². The van der Waals surface area contributed by atoms with Crippen molar-refractivity contribution in [1.29, 1.82) is 0 Å². The van der Waals surface area contributed by atoms with E-state index in [9.17, 15) is 9.59 Å². The predicted molar refractivity (Wildman–Crippen MR) is 270 cm³/mol. The van der Waals surface area contributed by atoms with Crippen LogP contribution < -0.4 is 0 Å². The summed E-state index contributed by atoms with van der Waals surface area (Å²) in [5, 5.41) is 0. The van der Waals surface area contributed by atoms with Crippen molar-refractivity contribution in [2.24, 2.45) is 0 Å². The van der Waals surface area contributed by atoms with Gasteiger partial charge in [0.05, 0.1) is 6.61 Å². The molecule has 0 radical (unpaired) electrons. The Morgan fingerprint density at radius 2 is 0.726 bits per heavy atom. The Morgan fingerprint density at radius 3 is 1.16 bits per heavy atom. The van der Waals surface area contributed by atoms with Crippen molar-refractivity contribution in [2.75, 3.05) is 19.8 Å². The number of carbonyl (C=O) groups is 2. The maximum Gasteiger partial charge on any atom is 0.306 e. The smallest absolute Gasteiger partial charge is 0.306 e. The molecule has 1 atom stereocenters. The molecular weight excluding hydrogens is 765 g/mol. The summed E-state index contributed by atoms with van der Waals surface area (Å²) in [5.74, 6) is -0.440. The average molecular weight is 861 g/mol. The topological polar surface area (TPSA) is 61.8 Å². The highest BCUT2D eigenvalue weighted by atomic mass is 16.6. The summed E-state index contributed by atoms with van der Waals surface area (Å²) in [6.45, 7) is 7.53. The molecule has 0 aromatic rings. The first-order chi connectivity index (χ1) is 30.6. The van der Waals surface area contributed by atoms with Gasteiger partial charge in [-0.2, -0.15) is 0 Å². The Kier molecular flexibility index (Phi) is 49.5. The molecule has 354 valence electrons. The highest BCUT2D eigenvalue weighted by Gasteiger charge is 2.17. The molecule has 0 aliphatic rings. The summed E-state index contributed by atoms with van der Waals surface area (Å²) in [4.78, 5) is 25.4. The lowest BCUT2D eigenvalue weighted by Gasteiger charge is -2.18. The van der Waals surface area contributed by atoms with Crippen molar-refractivity contribution in [3.05, 3.63) is 97.2 Å². The van der Waals surface area contributed by atoms with Gasteiger partial charge in [-0.25, -0.2) is 0 Å². The lowest BCUT2D eigenvalue weighted by atomic mass is 10.1. The fourth-order valence-electron chi connectivity index (χ4n) is 6.75. The van der Waals surface area contributed by atoms with Crippen LogP contribution in [0.15, 0.2) is 97.2 Å². The number of hydrogen-bond acceptors (Lipinski definition) is 5. The minimum atomic E-state index is -0.560. The molecule has 5 heteroatoms. The molecule has 5 nitrogen and oxygen atoms in total. The number of rotatable bonds is 46. The minimum absolute atomic E-state index is 0.0629. The number of ether oxygens (including phenoxy) is 3. The van der Waals surface area contributed by atoms with E-state index in [-0.39, 0.29) is 25.2 Å². The first-order valence-corrected chi connectivity index (χ1v) is 25.8. The molecule has 0 N–H and O–H groups in total. The van der Waals surface area contributed by atoms with Crippen LogP contribution in [0.3, 0.4) is 0 Å². The molecule has 0 aliphatic carbocycles. The molecule has 0 spiro atoms. The molecule has 0 saturated carbocycles. The monoisotopic (exact) mass is 861 g/mol. The van der Waals surface area contributed by atoms with E-state index in [2.05, 4.69) is 118 Å². The molecule has 0 heterocycles. The molecule has 0 saturated heterocycles. The SMILES string of the molecule is CC/C=C\C/C=C\C/C=C\C/C=C\CCCCCCCCCOCC(COC(=O)CCCCCCC/C=C\C/C=C\CCC)OC(=O)CCCCCCC/C=C\C/C=C\CCC. The van der Waals surface area contributed by atoms with Gasteiger partial charge in [0, 0.05) is 19.4 Å². The van der Waals surface area contributed by atoms with Gasteiger partial charge in [-0.15, -0.1) is 0 Å². The number of hydrogen-bond donors (Lipinski definition) is 0. The van der Waals surface area contributed by atoms with Gasteiger partial charge >= 0.3 is 11.9 Å². The molecule has 62 heavy (non-hydrogen) atoms. The second kappa shape index (κ2) is 52.2. The van der Waals surface area contributed by atoms with E-state index in [1.807, 2.05) is 0 Å². The van der Waals surface area contributed by atoms with Crippen molar-refractivity contribution in [2.45, 2.75) is 232 Å². The average Bonchev–Trinajstić information content (AvgIpc) is 3.27. The highest BCUT2D eigenvalue weighted by Crippen LogP contribution is 2.13. The Labute approximate surface area is 383 Å². The van der Waals surface area contributed by atoms with Crippen molar-refractivity contribution in [1.82, 2.24) is 0 Å². The third kappa shape index (κ3) is 49.5. The van der Waals surface area contributed by atoms with Crippen LogP contribution in [0.1, 0.15) is 226 Å². The fraction of sp³-hybridized carbons (Fsp3) is 0.684. The van der Waals surface area contributed by atoms with Gasteiger partial charge in [-0.05, 0) is 109 Å². The molecule has 0 aliphatic heterocycles. The van der Waals surface area contributed by atoms with Gasteiger partial charge in [0.2, 0.25) is 0 Å². The van der Waals surface area contributed by atoms with Crippen LogP contribution in [0, 0.1) is 0 Å². The van der Waals surface area contributed by atoms with E-state index in [0.717, 1.165) is 116 Å². The molecule has 0 bridgehead atoms. The van der Waals surface area contributed by atoms with Crippen molar-refractivity contribution >= 4 is 11.9 Å². The predicted octanol–water partition coefficient (Wildman–Crippen LogP) is 17.5. The Morgan fingerprint density at radius 1 is 0.371 bits per heavy atom. The highest BCUT2D eigenvalue weighted by molar-refractivity contribution is 5.70. The zero-order chi connectivity index (χ0) is 44.9. The largest absolute Gasteiger partial charge is 0.462 e. The second-order valence-electron chi connectivity index (χ2n) is 16.7. The molecule has 0 aromatic heterocycles. The molecule has 0 aromatic carbocycles. The summed E-state index contributed by atoms with van der Waals surface area (Å²) in [7, 11) is 0. The van der Waals surface area contributed by atoms with Crippen LogP contribution in [0.5, 0.6) is 0 Å². The molecule has 0 fully saturated rings. The summed E-state index contributed by atoms with van der Waals surface area (Å²) < 4.78 is 17.4. The van der Waals surface area contributed by atoms with Crippen molar-refractivity contribution in [3.63, 3.8) is 0 Å². The van der Waals surface area contributed by atoms with Crippen LogP contribution in [-0.4, -0.2) is 37.9 Å². The number of esters is 2. The number of unbranched alkanes of at least 4 members (excludes halogenated alkanes) is 19. The third-order valence-electron chi connectivity index (χ3n) is 10.5. The van der Waals surface area contributed by atoms with E-state index in [0.29, 0.717) is 19.4 Å². The summed E-state index contributed by atoms with van der Waals surface area (Å²) in [6, 6.07) is 0. The van der Waals surface area contributed by atoms with Crippen LogP contribution in [0.4, 0.5) is 0 Å². The Balaban J connectivity index is 4.31. The summed E-state index contributed by atoms with van der Waals surface area (Å²) in [6.07, 6.45) is 69.8. The first kappa shape index (κ1) is 58.8. The van der Waals surface area contributed by atoms with E-state index < -0.39 is 6.10 Å². The van der Waals surface area contributed by atoms with Crippen molar-refractivity contribution < 1.29 is 23.8 Å². The lowest BCUT2D eigenvalue weighted by Crippen LogP contribution is -2.30. The van der Waals surface area contributed by atoms with Crippen LogP contribution in [0.25, 0.3) is 0 Å². The summed E-state index contributed by atoms with van der Waals surface area (Å²) in [5.41, 5.74) is 0. The van der Waals surface area contributed by atoms with Gasteiger partial charge in [0.25, 0.3) is 0 Å². The number of allylic oxidation sites excluding steroid dienone is 16. The van der Waals surface area contributed by atoms with Crippen LogP contribution >= 0.6 is 0 Å². The molecule has 0 rings (SSSR count). The Hall–Kier alpha value is -3.18. The molecule has 0 amide bonds. The fourth-order valence-corrected chi connectivity index (χ4v) is 6.75. The summed E-state index contributed by atoms with van der Waals surface area (Å²) >= 11 is 0. The first-order valence-electron chi connectivity index (χ1n) is 25.8. The van der Waals surface area contributed by atoms with Crippen molar-refractivity contribution in [3.8, 4) is 0 Å². The maximum atomic E-state index is 12.8. The quantitative estimate of drug-likeness (QED) is 0.0347. The maximum absolute atomic E-state index is 12.8. The zero-order valence-corrected chi connectivity index (χ0v) is 40.6. The van der Waals surface area contributed by atoms with E-state index in [1.165, 1.54) is 77.0 Å². The lowest BCUT2D eigenvalue weighted by molar-refractivity contribution is -0.163. The van der Waals surface area contributed by atoms with E-state index >= 15 is 0 Å². The second-order valence-corrected chi connectivity index (χ2v) is 16.7. The minimum Gasteiger partial charge on any atom is -0.462 e. The van der Waals surface area contributed by atoms with E-state index in [1.54, 1.807) is 0 Å². The standard InChI is InChI=1S/C57H96O5/c1-4-7-10-13-16-19-22-25-26-27-28-29-30-31-34-37-40-43-46-49-52-60-53-55(62-57(59)51-48-45-42-39-36-33-24-21-18-15-12-9-6-3)54-61-56(58)50-47-44-41-38-35-32-23-20-17-14-11-8-5-2/h7,10-12,14-16,19-21,23-26,28-29,55H,4-6,8-9,13,17-18,22,27,30-54H2,1-3H3/b10-7-,14-11-,15-12-,19-16-,23-20-,24-21-,26-25-,29-28-. The Bertz CT molecular complexity index is 1200. The molecular formula is C57H96O5. The van der Waals surface area contributed by atoms with Gasteiger partial charge < -0.3 is 14.2 Å². The molecule has 1 unspecified atom stereocenters. The van der Waals surface area contributed by atoms with Gasteiger partial charge in [-0.3, -0.25) is 9.59 Å².